The first-order valence-corrected chi connectivity index (χ1v) is 7.34. The molecule has 0 saturated heterocycles. The Morgan fingerprint density at radius 3 is 2.69 bits per heavy atom. The lowest BCUT2D eigenvalue weighted by Crippen LogP contribution is -2.35. The number of nitrogens with one attached hydrogen (secondary N) is 1. The van der Waals surface area contributed by atoms with Crippen LogP contribution in [-0.2, 0) is 0 Å². The molecule has 0 aliphatic heterocycles. The van der Waals surface area contributed by atoms with Gasteiger partial charge in [0.25, 0.3) is 5.91 Å². The van der Waals surface area contributed by atoms with Gasteiger partial charge in [0.1, 0.15) is 0 Å². The molecular weight excluding hydrogens is 286 g/mol. The molecule has 1 amide bonds. The number of halogens is 1. The summed E-state index contributed by atoms with van der Waals surface area (Å²) in [6, 6.07) is 2.34. The van der Waals surface area contributed by atoms with Gasteiger partial charge in [-0.1, -0.05) is 19.3 Å². The van der Waals surface area contributed by atoms with Gasteiger partial charge in [-0.05, 0) is 47.3 Å². The number of aryl methyl sites for hydroxylation is 1. The van der Waals surface area contributed by atoms with Crippen molar-refractivity contribution in [3.8, 4) is 0 Å². The third-order valence-corrected chi connectivity index (χ3v) is 5.16. The first-order chi connectivity index (χ1) is 7.66. The van der Waals surface area contributed by atoms with Crippen molar-refractivity contribution in [1.29, 1.82) is 0 Å². The van der Waals surface area contributed by atoms with Crippen LogP contribution in [0.5, 0.6) is 0 Å². The highest BCUT2D eigenvalue weighted by Crippen LogP contribution is 2.27. The monoisotopic (exact) mass is 301 g/mol. The van der Waals surface area contributed by atoms with Crippen LogP contribution < -0.4 is 5.32 Å². The third-order valence-electron chi connectivity index (χ3n) is 3.02. The minimum atomic E-state index is 0.0886. The molecule has 1 fully saturated rings. The van der Waals surface area contributed by atoms with E-state index in [1.807, 2.05) is 13.0 Å². The Hall–Kier alpha value is -0.350. The van der Waals surface area contributed by atoms with Crippen LogP contribution in [0.2, 0.25) is 0 Å². The van der Waals surface area contributed by atoms with Gasteiger partial charge >= 0.3 is 0 Å². The van der Waals surface area contributed by atoms with Crippen molar-refractivity contribution in [3.63, 3.8) is 0 Å². The maximum Gasteiger partial charge on any atom is 0.261 e. The predicted octanol–water partition coefficient (Wildman–Crippen LogP) is 3.88. The molecule has 0 radical (unpaired) electrons. The molecule has 1 N–H and O–H groups in total. The number of amides is 1. The summed E-state index contributed by atoms with van der Waals surface area (Å²) >= 11 is 4.96. The van der Waals surface area contributed by atoms with Gasteiger partial charge in [0.15, 0.2) is 0 Å². The molecule has 0 spiro atoms. The average Bonchev–Trinajstić information content (AvgIpc) is 2.61. The second kappa shape index (κ2) is 5.32. The summed E-state index contributed by atoms with van der Waals surface area (Å²) in [6.45, 7) is 2.01. The zero-order valence-corrected chi connectivity index (χ0v) is 11.8. The molecule has 0 atom stereocenters. The van der Waals surface area contributed by atoms with Crippen LogP contribution in [0.15, 0.2) is 9.85 Å². The maximum atomic E-state index is 12.0. The lowest BCUT2D eigenvalue weighted by molar-refractivity contribution is 0.0932. The normalized spacial score (nSPS) is 17.4. The van der Waals surface area contributed by atoms with Crippen molar-refractivity contribution in [2.75, 3.05) is 0 Å². The Labute approximate surface area is 109 Å². The lowest BCUT2D eigenvalue weighted by Gasteiger charge is -2.22. The van der Waals surface area contributed by atoms with E-state index in [2.05, 4.69) is 21.2 Å². The van der Waals surface area contributed by atoms with Crippen molar-refractivity contribution >= 4 is 33.2 Å². The van der Waals surface area contributed by atoms with Gasteiger partial charge in [0.05, 0.1) is 8.66 Å². The van der Waals surface area contributed by atoms with E-state index in [9.17, 15) is 4.79 Å². The maximum absolute atomic E-state index is 12.0. The highest BCUT2D eigenvalue weighted by molar-refractivity contribution is 9.11. The number of thiophene rings is 1. The van der Waals surface area contributed by atoms with Gasteiger partial charge in [0, 0.05) is 6.04 Å². The predicted molar refractivity (Wildman–Crippen MR) is 71.1 cm³/mol. The van der Waals surface area contributed by atoms with Crippen LogP contribution in [0.1, 0.15) is 47.3 Å². The first kappa shape index (κ1) is 12.1. The molecule has 0 aromatic carbocycles. The molecule has 1 heterocycles. The molecule has 1 aromatic rings. The van der Waals surface area contributed by atoms with Crippen LogP contribution >= 0.6 is 27.3 Å². The molecule has 1 aromatic heterocycles. The minimum absolute atomic E-state index is 0.0886. The Morgan fingerprint density at radius 1 is 1.44 bits per heavy atom. The SMILES string of the molecule is Cc1cc(C(=O)NC2CCCCC2)sc1Br. The Bertz CT molecular complexity index is 363. The van der Waals surface area contributed by atoms with Crippen molar-refractivity contribution in [3.05, 3.63) is 20.3 Å². The van der Waals surface area contributed by atoms with Crippen LogP contribution in [-0.4, -0.2) is 11.9 Å². The summed E-state index contributed by atoms with van der Waals surface area (Å²) in [6.07, 6.45) is 6.08. The van der Waals surface area contributed by atoms with E-state index in [1.54, 1.807) is 0 Å². The van der Waals surface area contributed by atoms with Gasteiger partial charge in [-0.25, -0.2) is 0 Å². The number of carbonyl (C=O) groups is 1. The van der Waals surface area contributed by atoms with Crippen molar-refractivity contribution in [2.45, 2.75) is 45.1 Å². The zero-order valence-electron chi connectivity index (χ0n) is 9.38. The number of carbonyl (C=O) groups excluding carboxylic acids is 1. The third kappa shape index (κ3) is 2.86. The summed E-state index contributed by atoms with van der Waals surface area (Å²) < 4.78 is 1.06. The summed E-state index contributed by atoms with van der Waals surface area (Å²) in [5, 5.41) is 3.13. The quantitative estimate of drug-likeness (QED) is 0.882. The van der Waals surface area contributed by atoms with Crippen molar-refractivity contribution in [1.82, 2.24) is 5.32 Å². The largest absolute Gasteiger partial charge is 0.349 e. The van der Waals surface area contributed by atoms with Crippen molar-refractivity contribution in [2.24, 2.45) is 0 Å². The smallest absolute Gasteiger partial charge is 0.261 e. The van der Waals surface area contributed by atoms with E-state index >= 15 is 0 Å². The Kier molecular flexibility index (Phi) is 4.03. The fourth-order valence-corrected chi connectivity index (χ4v) is 3.51. The summed E-state index contributed by atoms with van der Waals surface area (Å²) in [4.78, 5) is 12.8. The summed E-state index contributed by atoms with van der Waals surface area (Å²) in [7, 11) is 0. The van der Waals surface area contributed by atoms with Gasteiger partial charge in [-0.2, -0.15) is 0 Å². The first-order valence-electron chi connectivity index (χ1n) is 5.73. The molecule has 2 rings (SSSR count). The topological polar surface area (TPSA) is 29.1 Å². The molecular formula is C12H16BrNOS. The molecule has 88 valence electrons. The highest BCUT2D eigenvalue weighted by Gasteiger charge is 2.18. The van der Waals surface area contributed by atoms with Gasteiger partial charge in [-0.3, -0.25) is 4.79 Å². The Balaban J connectivity index is 1.96. The van der Waals surface area contributed by atoms with E-state index in [4.69, 9.17) is 0 Å². The van der Waals surface area contributed by atoms with E-state index in [1.165, 1.54) is 30.6 Å². The molecule has 1 aliphatic carbocycles. The second-order valence-corrected chi connectivity index (χ2v) is 6.75. The standard InChI is InChI=1S/C12H16BrNOS/c1-8-7-10(16-11(8)13)12(15)14-9-5-3-2-4-6-9/h7,9H,2-6H2,1H3,(H,14,15). The molecule has 0 bridgehead atoms. The zero-order chi connectivity index (χ0) is 11.5. The molecule has 1 aliphatic rings. The van der Waals surface area contributed by atoms with E-state index in [0.717, 1.165) is 27.1 Å². The van der Waals surface area contributed by atoms with Gasteiger partial charge in [0.2, 0.25) is 0 Å². The van der Waals surface area contributed by atoms with Crippen LogP contribution in [0, 0.1) is 6.92 Å². The van der Waals surface area contributed by atoms with Gasteiger partial charge < -0.3 is 5.32 Å². The molecule has 16 heavy (non-hydrogen) atoms. The molecule has 0 unspecified atom stereocenters. The molecule has 1 saturated carbocycles. The minimum Gasteiger partial charge on any atom is -0.349 e. The summed E-state index contributed by atoms with van der Waals surface area (Å²) in [5.41, 5.74) is 1.14. The number of hydrogen-bond acceptors (Lipinski definition) is 2. The van der Waals surface area contributed by atoms with Crippen LogP contribution in [0.25, 0.3) is 0 Å². The van der Waals surface area contributed by atoms with Crippen LogP contribution in [0.4, 0.5) is 0 Å². The Morgan fingerprint density at radius 2 is 2.12 bits per heavy atom. The fraction of sp³-hybridized carbons (Fsp3) is 0.583. The van der Waals surface area contributed by atoms with E-state index in [-0.39, 0.29) is 5.91 Å². The molecule has 4 heteroatoms. The van der Waals surface area contributed by atoms with E-state index < -0.39 is 0 Å². The van der Waals surface area contributed by atoms with Crippen LogP contribution in [0.3, 0.4) is 0 Å². The second-order valence-electron chi connectivity index (χ2n) is 4.38. The molecule has 2 nitrogen and oxygen atoms in total. The van der Waals surface area contributed by atoms with Gasteiger partial charge in [-0.15, -0.1) is 11.3 Å². The van der Waals surface area contributed by atoms with Crippen molar-refractivity contribution < 1.29 is 4.79 Å². The fourth-order valence-electron chi connectivity index (χ4n) is 2.08. The lowest BCUT2D eigenvalue weighted by atomic mass is 9.95. The highest BCUT2D eigenvalue weighted by atomic mass is 79.9. The number of rotatable bonds is 2. The van der Waals surface area contributed by atoms with E-state index in [0.29, 0.717) is 6.04 Å². The summed E-state index contributed by atoms with van der Waals surface area (Å²) in [5.74, 6) is 0.0886. The number of hydrogen-bond donors (Lipinski definition) is 1. The average molecular weight is 302 g/mol.